The molecule has 1 aliphatic rings. The molecule has 1 atom stereocenters. The second-order valence-corrected chi connectivity index (χ2v) is 6.81. The van der Waals surface area contributed by atoms with E-state index in [9.17, 15) is 12.8 Å². The third kappa shape index (κ3) is 3.28. The molecule has 2 rings (SSSR count). The first-order valence-corrected chi connectivity index (χ1v) is 7.79. The number of benzene rings is 1. The number of rotatable bonds is 4. The van der Waals surface area contributed by atoms with Gasteiger partial charge in [-0.25, -0.2) is 17.5 Å². The van der Waals surface area contributed by atoms with Crippen molar-refractivity contribution in [2.45, 2.75) is 11.3 Å². The van der Waals surface area contributed by atoms with Gasteiger partial charge in [-0.15, -0.1) is 0 Å². The fourth-order valence-electron chi connectivity index (χ4n) is 1.74. The SMILES string of the molecule is O=S(=O)(NC[C@H]1CCOC1)c1ccc(Br)cc1F. The second-order valence-electron chi connectivity index (χ2n) is 4.16. The van der Waals surface area contributed by atoms with Gasteiger partial charge in [-0.3, -0.25) is 0 Å². The van der Waals surface area contributed by atoms with E-state index in [4.69, 9.17) is 4.74 Å². The Morgan fingerprint density at radius 3 is 2.89 bits per heavy atom. The van der Waals surface area contributed by atoms with Gasteiger partial charge in [0.15, 0.2) is 0 Å². The lowest BCUT2D eigenvalue weighted by Crippen LogP contribution is -2.30. The molecule has 7 heteroatoms. The molecule has 1 N–H and O–H groups in total. The maximum absolute atomic E-state index is 13.6. The van der Waals surface area contributed by atoms with E-state index < -0.39 is 15.8 Å². The summed E-state index contributed by atoms with van der Waals surface area (Å²) < 4.78 is 45.5. The van der Waals surface area contributed by atoms with Gasteiger partial charge in [0, 0.05) is 17.6 Å². The topological polar surface area (TPSA) is 55.4 Å². The molecule has 4 nitrogen and oxygen atoms in total. The van der Waals surface area contributed by atoms with Crippen LogP contribution in [0.2, 0.25) is 0 Å². The summed E-state index contributed by atoms with van der Waals surface area (Å²) in [7, 11) is -3.80. The highest BCUT2D eigenvalue weighted by atomic mass is 79.9. The van der Waals surface area contributed by atoms with Crippen LogP contribution in [0, 0.1) is 11.7 Å². The van der Waals surface area contributed by atoms with Gasteiger partial charge in [-0.1, -0.05) is 15.9 Å². The molecule has 0 aromatic heterocycles. The molecule has 1 aromatic carbocycles. The van der Waals surface area contributed by atoms with E-state index in [1.807, 2.05) is 0 Å². The highest BCUT2D eigenvalue weighted by Gasteiger charge is 2.22. The van der Waals surface area contributed by atoms with E-state index in [0.717, 1.165) is 12.5 Å². The standard InChI is InChI=1S/C11H13BrFNO3S/c12-9-1-2-11(10(13)5-9)18(15,16)14-6-8-3-4-17-7-8/h1-2,5,8,14H,3-4,6-7H2/t8-/m1/s1. The van der Waals surface area contributed by atoms with E-state index in [2.05, 4.69) is 20.7 Å². The molecule has 1 aromatic rings. The molecule has 0 saturated carbocycles. The summed E-state index contributed by atoms with van der Waals surface area (Å²) in [4.78, 5) is -0.329. The van der Waals surface area contributed by atoms with Crippen molar-refractivity contribution in [1.82, 2.24) is 4.72 Å². The van der Waals surface area contributed by atoms with Crippen molar-refractivity contribution in [2.75, 3.05) is 19.8 Å². The largest absolute Gasteiger partial charge is 0.381 e. The summed E-state index contributed by atoms with van der Waals surface area (Å²) in [5.41, 5.74) is 0. The smallest absolute Gasteiger partial charge is 0.243 e. The van der Waals surface area contributed by atoms with Crippen molar-refractivity contribution in [3.63, 3.8) is 0 Å². The van der Waals surface area contributed by atoms with E-state index in [0.29, 0.717) is 17.7 Å². The van der Waals surface area contributed by atoms with Crippen LogP contribution in [0.1, 0.15) is 6.42 Å². The number of sulfonamides is 1. The molecular weight excluding hydrogens is 325 g/mol. The van der Waals surface area contributed by atoms with Gasteiger partial charge in [0.1, 0.15) is 10.7 Å². The molecule has 0 radical (unpaired) electrons. The summed E-state index contributed by atoms with van der Waals surface area (Å²) in [5, 5.41) is 0. The van der Waals surface area contributed by atoms with Gasteiger partial charge in [0.05, 0.1) is 6.61 Å². The summed E-state index contributed by atoms with van der Waals surface area (Å²) >= 11 is 3.08. The Bertz CT molecular complexity index is 529. The van der Waals surface area contributed by atoms with Gasteiger partial charge in [-0.2, -0.15) is 0 Å². The van der Waals surface area contributed by atoms with Crippen LogP contribution >= 0.6 is 15.9 Å². The first kappa shape index (κ1) is 13.9. The van der Waals surface area contributed by atoms with Gasteiger partial charge in [0.25, 0.3) is 0 Å². The van der Waals surface area contributed by atoms with Crippen LogP contribution in [-0.2, 0) is 14.8 Å². The number of hydrogen-bond donors (Lipinski definition) is 1. The molecule has 0 amide bonds. The molecule has 100 valence electrons. The Labute approximate surface area is 114 Å². The minimum Gasteiger partial charge on any atom is -0.381 e. The summed E-state index contributed by atoms with van der Waals surface area (Å²) in [6, 6.07) is 3.87. The van der Waals surface area contributed by atoms with Crippen LogP contribution in [0.15, 0.2) is 27.6 Å². The first-order chi connectivity index (χ1) is 8.49. The minimum atomic E-state index is -3.80. The first-order valence-electron chi connectivity index (χ1n) is 5.51. The number of hydrogen-bond acceptors (Lipinski definition) is 3. The highest BCUT2D eigenvalue weighted by molar-refractivity contribution is 9.10. The molecule has 0 aliphatic carbocycles. The highest BCUT2D eigenvalue weighted by Crippen LogP contribution is 2.20. The number of ether oxygens (including phenoxy) is 1. The molecule has 18 heavy (non-hydrogen) atoms. The zero-order valence-electron chi connectivity index (χ0n) is 9.53. The van der Waals surface area contributed by atoms with E-state index in [1.165, 1.54) is 12.1 Å². The summed E-state index contributed by atoms with van der Waals surface area (Å²) in [5.74, 6) is -0.599. The maximum atomic E-state index is 13.6. The van der Waals surface area contributed by atoms with Crippen molar-refractivity contribution in [1.29, 1.82) is 0 Å². The Morgan fingerprint density at radius 1 is 1.50 bits per heavy atom. The molecule has 1 saturated heterocycles. The van der Waals surface area contributed by atoms with Crippen molar-refractivity contribution in [3.8, 4) is 0 Å². The van der Waals surface area contributed by atoms with E-state index in [-0.39, 0.29) is 17.4 Å². The van der Waals surface area contributed by atoms with Crippen LogP contribution < -0.4 is 4.72 Å². The summed E-state index contributed by atoms with van der Waals surface area (Å²) in [6.07, 6.45) is 0.825. The minimum absolute atomic E-state index is 0.165. The van der Waals surface area contributed by atoms with Crippen LogP contribution in [0.25, 0.3) is 0 Å². The van der Waals surface area contributed by atoms with Gasteiger partial charge >= 0.3 is 0 Å². The lowest BCUT2D eigenvalue weighted by Gasteiger charge is -2.11. The molecular formula is C11H13BrFNO3S. The van der Waals surface area contributed by atoms with Crippen molar-refractivity contribution in [3.05, 3.63) is 28.5 Å². The Morgan fingerprint density at radius 2 is 2.28 bits per heavy atom. The Hall–Kier alpha value is -0.500. The Balaban J connectivity index is 2.09. The fourth-order valence-corrected chi connectivity index (χ4v) is 3.25. The van der Waals surface area contributed by atoms with Crippen molar-refractivity contribution in [2.24, 2.45) is 5.92 Å². The quantitative estimate of drug-likeness (QED) is 0.912. The van der Waals surface area contributed by atoms with Crippen LogP contribution in [0.4, 0.5) is 4.39 Å². The molecule has 0 unspecified atom stereocenters. The van der Waals surface area contributed by atoms with Crippen molar-refractivity contribution < 1.29 is 17.5 Å². The lowest BCUT2D eigenvalue weighted by atomic mass is 10.1. The second kappa shape index (κ2) is 5.64. The predicted molar refractivity (Wildman–Crippen MR) is 68.2 cm³/mol. The monoisotopic (exact) mass is 337 g/mol. The molecule has 0 bridgehead atoms. The predicted octanol–water partition coefficient (Wildman–Crippen LogP) is 1.90. The third-order valence-corrected chi connectivity index (χ3v) is 4.72. The summed E-state index contributed by atoms with van der Waals surface area (Å²) in [6.45, 7) is 1.47. The van der Waals surface area contributed by atoms with Crippen LogP contribution in [0.5, 0.6) is 0 Å². The Kier molecular flexibility index (Phi) is 4.37. The molecule has 1 heterocycles. The van der Waals surface area contributed by atoms with Gasteiger partial charge in [0.2, 0.25) is 10.0 Å². The van der Waals surface area contributed by atoms with E-state index >= 15 is 0 Å². The molecule has 1 fully saturated rings. The normalized spacial score (nSPS) is 20.2. The zero-order chi connectivity index (χ0) is 13.2. The maximum Gasteiger partial charge on any atom is 0.243 e. The average Bonchev–Trinajstić information content (AvgIpc) is 2.78. The van der Waals surface area contributed by atoms with Gasteiger partial charge < -0.3 is 4.74 Å². The van der Waals surface area contributed by atoms with Crippen LogP contribution in [0.3, 0.4) is 0 Å². The average molecular weight is 338 g/mol. The lowest BCUT2D eigenvalue weighted by molar-refractivity contribution is 0.186. The third-order valence-electron chi connectivity index (χ3n) is 2.77. The molecule has 0 spiro atoms. The number of nitrogens with one attached hydrogen (secondary N) is 1. The van der Waals surface area contributed by atoms with Crippen LogP contribution in [-0.4, -0.2) is 28.2 Å². The van der Waals surface area contributed by atoms with Gasteiger partial charge in [-0.05, 0) is 30.5 Å². The van der Waals surface area contributed by atoms with Crippen molar-refractivity contribution >= 4 is 26.0 Å². The fraction of sp³-hybridized carbons (Fsp3) is 0.455. The number of halogens is 2. The zero-order valence-corrected chi connectivity index (χ0v) is 11.9. The van der Waals surface area contributed by atoms with E-state index in [1.54, 1.807) is 0 Å². The molecule has 1 aliphatic heterocycles.